The number of hydrogen-bond donors (Lipinski definition) is 0. The molecule has 2 atom stereocenters. The van der Waals surface area contributed by atoms with Gasteiger partial charge in [0, 0.05) is 0 Å². The van der Waals surface area contributed by atoms with E-state index in [9.17, 15) is 0 Å². The summed E-state index contributed by atoms with van der Waals surface area (Å²) in [5.74, 6) is 1.68. The molecule has 0 radical (unpaired) electrons. The Morgan fingerprint density at radius 3 is 2.75 bits per heavy atom. The number of aromatic nitrogens is 2. The van der Waals surface area contributed by atoms with Gasteiger partial charge in [0.1, 0.15) is 5.75 Å². The van der Waals surface area contributed by atoms with Crippen LogP contribution in [0.5, 0.6) is 5.75 Å². The van der Waals surface area contributed by atoms with Crippen LogP contribution >= 0.6 is 0 Å². The summed E-state index contributed by atoms with van der Waals surface area (Å²) >= 11 is 0. The maximum atomic E-state index is 9.12. The summed E-state index contributed by atoms with van der Waals surface area (Å²) in [5.41, 5.74) is 0.691. The molecule has 0 amide bonds. The first-order valence-electron chi connectivity index (χ1n) is 6.46. The van der Waals surface area contributed by atoms with E-state index in [2.05, 4.69) is 16.2 Å². The fourth-order valence-corrected chi connectivity index (χ4v) is 2.64. The summed E-state index contributed by atoms with van der Waals surface area (Å²) in [6, 6.07) is 9.81. The standard InChI is InChI=1S/C15H15N3O2/c1-15(2)10(8-16)12(15)14-17-13(18-20-14)9-6-4-5-7-11(9)19-3/h4-7,10,12H,1-3H3. The van der Waals surface area contributed by atoms with Gasteiger partial charge in [-0.3, -0.25) is 0 Å². The molecule has 3 rings (SSSR count). The van der Waals surface area contributed by atoms with Crippen LogP contribution in [0.3, 0.4) is 0 Å². The predicted molar refractivity (Wildman–Crippen MR) is 71.9 cm³/mol. The summed E-state index contributed by atoms with van der Waals surface area (Å²) in [4.78, 5) is 4.44. The lowest BCUT2D eigenvalue weighted by Gasteiger charge is -2.03. The van der Waals surface area contributed by atoms with Crippen molar-refractivity contribution in [3.8, 4) is 23.2 Å². The highest BCUT2D eigenvalue weighted by atomic mass is 16.5. The van der Waals surface area contributed by atoms with Crippen LogP contribution in [0.1, 0.15) is 25.7 Å². The lowest BCUT2D eigenvalue weighted by molar-refractivity contribution is 0.367. The molecule has 1 aromatic heterocycles. The largest absolute Gasteiger partial charge is 0.496 e. The van der Waals surface area contributed by atoms with E-state index in [1.807, 2.05) is 38.1 Å². The molecule has 0 spiro atoms. The molecule has 0 aliphatic heterocycles. The van der Waals surface area contributed by atoms with Crippen LogP contribution in [0, 0.1) is 22.7 Å². The van der Waals surface area contributed by atoms with Crippen molar-refractivity contribution in [3.63, 3.8) is 0 Å². The Hall–Kier alpha value is -2.35. The third-order valence-electron chi connectivity index (χ3n) is 4.02. The average molecular weight is 269 g/mol. The molecule has 0 bridgehead atoms. The average Bonchev–Trinajstić information content (AvgIpc) is 2.81. The molecule has 1 fully saturated rings. The van der Waals surface area contributed by atoms with Gasteiger partial charge in [-0.2, -0.15) is 10.2 Å². The second-order valence-electron chi connectivity index (χ2n) is 5.56. The van der Waals surface area contributed by atoms with Crippen LogP contribution in [0.4, 0.5) is 0 Å². The third kappa shape index (κ3) is 1.76. The van der Waals surface area contributed by atoms with Crippen LogP contribution in [-0.2, 0) is 0 Å². The second kappa shape index (κ2) is 4.34. The number of nitrogens with zero attached hydrogens (tertiary/aromatic N) is 3. The maximum absolute atomic E-state index is 9.12. The quantitative estimate of drug-likeness (QED) is 0.856. The van der Waals surface area contributed by atoms with Crippen LogP contribution in [0.2, 0.25) is 0 Å². The van der Waals surface area contributed by atoms with Gasteiger partial charge < -0.3 is 9.26 Å². The molecule has 1 saturated carbocycles. The van der Waals surface area contributed by atoms with Gasteiger partial charge in [0.25, 0.3) is 0 Å². The minimum absolute atomic E-state index is 0.0171. The third-order valence-corrected chi connectivity index (χ3v) is 4.02. The van der Waals surface area contributed by atoms with E-state index in [1.54, 1.807) is 7.11 Å². The summed E-state index contributed by atoms with van der Waals surface area (Å²) in [6.45, 7) is 4.08. The first kappa shape index (κ1) is 12.7. The molecule has 2 unspecified atom stereocenters. The van der Waals surface area contributed by atoms with Crippen molar-refractivity contribution in [3.05, 3.63) is 30.2 Å². The summed E-state index contributed by atoms with van der Waals surface area (Å²) < 4.78 is 10.6. The molecule has 2 aromatic rings. The maximum Gasteiger partial charge on any atom is 0.232 e. The summed E-state index contributed by atoms with van der Waals surface area (Å²) in [5, 5.41) is 13.1. The number of hydrogen-bond acceptors (Lipinski definition) is 5. The van der Waals surface area contributed by atoms with Crippen molar-refractivity contribution in [2.45, 2.75) is 19.8 Å². The Balaban J connectivity index is 1.94. The Labute approximate surface area is 117 Å². The number of nitriles is 1. The first-order valence-corrected chi connectivity index (χ1v) is 6.46. The molecule has 102 valence electrons. The molecular weight excluding hydrogens is 254 g/mol. The van der Waals surface area contributed by atoms with E-state index in [1.165, 1.54) is 0 Å². The van der Waals surface area contributed by atoms with E-state index in [0.717, 1.165) is 5.56 Å². The first-order chi connectivity index (χ1) is 9.59. The lowest BCUT2D eigenvalue weighted by atomic mass is 10.1. The van der Waals surface area contributed by atoms with E-state index in [0.29, 0.717) is 17.5 Å². The fraction of sp³-hybridized carbons (Fsp3) is 0.400. The van der Waals surface area contributed by atoms with Crippen molar-refractivity contribution in [2.24, 2.45) is 11.3 Å². The van der Waals surface area contributed by atoms with Crippen LogP contribution in [-0.4, -0.2) is 17.3 Å². The smallest absolute Gasteiger partial charge is 0.232 e. The Kier molecular flexibility index (Phi) is 2.75. The summed E-state index contributed by atoms with van der Waals surface area (Å²) in [7, 11) is 1.61. The van der Waals surface area contributed by atoms with Gasteiger partial charge in [-0.1, -0.05) is 31.1 Å². The van der Waals surface area contributed by atoms with Crippen LogP contribution in [0.25, 0.3) is 11.4 Å². The van der Waals surface area contributed by atoms with Gasteiger partial charge in [-0.25, -0.2) is 0 Å². The van der Waals surface area contributed by atoms with Gasteiger partial charge in [0.15, 0.2) is 0 Å². The predicted octanol–water partition coefficient (Wildman–Crippen LogP) is 3.01. The highest BCUT2D eigenvalue weighted by Crippen LogP contribution is 2.63. The van der Waals surface area contributed by atoms with Crippen molar-refractivity contribution >= 4 is 0 Å². The number of benzene rings is 1. The lowest BCUT2D eigenvalue weighted by Crippen LogP contribution is -1.91. The molecule has 1 aromatic carbocycles. The van der Waals surface area contributed by atoms with Crippen molar-refractivity contribution in [2.75, 3.05) is 7.11 Å². The molecule has 5 nitrogen and oxygen atoms in total. The van der Waals surface area contributed by atoms with Crippen molar-refractivity contribution < 1.29 is 9.26 Å². The number of ether oxygens (including phenoxy) is 1. The Bertz CT molecular complexity index is 684. The van der Waals surface area contributed by atoms with Gasteiger partial charge in [-0.05, 0) is 17.5 Å². The zero-order valence-corrected chi connectivity index (χ0v) is 11.6. The van der Waals surface area contributed by atoms with Gasteiger partial charge in [0.05, 0.1) is 30.6 Å². The van der Waals surface area contributed by atoms with E-state index in [4.69, 9.17) is 14.5 Å². The topological polar surface area (TPSA) is 71.9 Å². The minimum atomic E-state index is -0.0979. The van der Waals surface area contributed by atoms with Crippen LogP contribution in [0.15, 0.2) is 28.8 Å². The Morgan fingerprint density at radius 2 is 2.10 bits per heavy atom. The highest BCUT2D eigenvalue weighted by molar-refractivity contribution is 5.63. The minimum Gasteiger partial charge on any atom is -0.496 e. The van der Waals surface area contributed by atoms with E-state index >= 15 is 0 Å². The number of para-hydroxylation sites is 1. The number of methoxy groups -OCH3 is 1. The van der Waals surface area contributed by atoms with E-state index < -0.39 is 0 Å². The second-order valence-corrected chi connectivity index (χ2v) is 5.56. The monoisotopic (exact) mass is 269 g/mol. The van der Waals surface area contributed by atoms with Gasteiger partial charge >= 0.3 is 0 Å². The van der Waals surface area contributed by atoms with Gasteiger partial charge in [0.2, 0.25) is 11.7 Å². The zero-order chi connectivity index (χ0) is 14.3. The molecule has 0 N–H and O–H groups in total. The van der Waals surface area contributed by atoms with Crippen LogP contribution < -0.4 is 4.74 Å². The van der Waals surface area contributed by atoms with Crippen molar-refractivity contribution in [1.82, 2.24) is 10.1 Å². The fourth-order valence-electron chi connectivity index (χ4n) is 2.64. The molecule has 1 aliphatic rings. The molecule has 1 heterocycles. The van der Waals surface area contributed by atoms with Crippen molar-refractivity contribution in [1.29, 1.82) is 5.26 Å². The highest BCUT2D eigenvalue weighted by Gasteiger charge is 2.62. The Morgan fingerprint density at radius 1 is 1.35 bits per heavy atom. The normalized spacial score (nSPS) is 23.1. The summed E-state index contributed by atoms with van der Waals surface area (Å²) in [6.07, 6.45) is 0. The SMILES string of the molecule is COc1ccccc1-c1noc(C2C(C#N)C2(C)C)n1. The van der Waals surface area contributed by atoms with Gasteiger partial charge in [-0.15, -0.1) is 0 Å². The molecule has 20 heavy (non-hydrogen) atoms. The molecule has 1 aliphatic carbocycles. The zero-order valence-electron chi connectivity index (χ0n) is 11.6. The molecular formula is C15H15N3O2. The molecule has 5 heteroatoms. The molecule has 0 saturated heterocycles. The van der Waals surface area contributed by atoms with E-state index in [-0.39, 0.29) is 17.3 Å². The number of rotatable bonds is 3.